The van der Waals surface area contributed by atoms with E-state index in [4.69, 9.17) is 0 Å². The molecule has 1 N–H and O–H groups in total. The third kappa shape index (κ3) is 3.78. The van der Waals surface area contributed by atoms with Gasteiger partial charge in [0, 0.05) is 23.2 Å². The average Bonchev–Trinajstić information content (AvgIpc) is 2.78. The molecule has 0 fully saturated rings. The van der Waals surface area contributed by atoms with E-state index < -0.39 is 15.7 Å². The number of amides is 1. The van der Waals surface area contributed by atoms with Gasteiger partial charge < -0.3 is 10.2 Å². The highest BCUT2D eigenvalue weighted by atomic mass is 32.2. The van der Waals surface area contributed by atoms with E-state index in [9.17, 15) is 18.0 Å². The van der Waals surface area contributed by atoms with Crippen LogP contribution in [0.2, 0.25) is 0 Å². The van der Waals surface area contributed by atoms with Gasteiger partial charge in [-0.2, -0.15) is 0 Å². The number of benzene rings is 3. The standard InChI is InChI=1S/C24H22N2O4S/c1-26(2)20(16-8-4-3-5-9-16)15-25-24(28)17-12-13-19-22(14-17)31(29,30)21-11-7-6-10-18(21)23(19)27/h3-14,20H,15H2,1-2H3,(H,25,28)/t20-/m0/s1. The number of nitrogens with one attached hydrogen (secondary N) is 1. The molecular weight excluding hydrogens is 412 g/mol. The summed E-state index contributed by atoms with van der Waals surface area (Å²) in [7, 11) is -0.0292. The number of likely N-dealkylation sites (N-methyl/N-ethyl adjacent to an activating group) is 1. The van der Waals surface area contributed by atoms with Crippen molar-refractivity contribution in [2.45, 2.75) is 15.8 Å². The lowest BCUT2D eigenvalue weighted by atomic mass is 10.0. The molecule has 0 aliphatic carbocycles. The van der Waals surface area contributed by atoms with Crippen LogP contribution in [0.15, 0.2) is 82.6 Å². The van der Waals surface area contributed by atoms with Crippen molar-refractivity contribution in [1.29, 1.82) is 0 Å². The normalized spacial score (nSPS) is 15.1. The fourth-order valence-corrected chi connectivity index (χ4v) is 5.47. The Kier molecular flexibility index (Phi) is 5.47. The third-order valence-electron chi connectivity index (χ3n) is 5.46. The summed E-state index contributed by atoms with van der Waals surface area (Å²) in [5.74, 6) is -0.753. The van der Waals surface area contributed by atoms with E-state index in [0.717, 1.165) is 5.56 Å². The van der Waals surface area contributed by atoms with Crippen LogP contribution in [0.1, 0.15) is 37.9 Å². The summed E-state index contributed by atoms with van der Waals surface area (Å²) in [6.07, 6.45) is 0. The molecule has 0 spiro atoms. The van der Waals surface area contributed by atoms with Gasteiger partial charge in [0.05, 0.1) is 15.8 Å². The second kappa shape index (κ2) is 8.09. The smallest absolute Gasteiger partial charge is 0.251 e. The van der Waals surface area contributed by atoms with Crippen molar-refractivity contribution in [3.05, 3.63) is 95.1 Å². The molecule has 1 amide bonds. The maximum atomic E-state index is 13.1. The molecule has 0 saturated heterocycles. The lowest BCUT2D eigenvalue weighted by Crippen LogP contribution is -2.34. The first-order chi connectivity index (χ1) is 14.8. The number of hydrogen-bond donors (Lipinski definition) is 1. The molecule has 1 atom stereocenters. The van der Waals surface area contributed by atoms with Crippen LogP contribution in [-0.2, 0) is 9.84 Å². The van der Waals surface area contributed by atoms with Crippen LogP contribution in [0.25, 0.3) is 0 Å². The van der Waals surface area contributed by atoms with Crippen molar-refractivity contribution >= 4 is 21.5 Å². The minimum Gasteiger partial charge on any atom is -0.350 e. The van der Waals surface area contributed by atoms with E-state index in [1.54, 1.807) is 12.1 Å². The molecular formula is C24H22N2O4S. The van der Waals surface area contributed by atoms with Gasteiger partial charge in [-0.3, -0.25) is 9.59 Å². The van der Waals surface area contributed by atoms with Crippen LogP contribution in [-0.4, -0.2) is 45.6 Å². The zero-order valence-electron chi connectivity index (χ0n) is 17.2. The molecule has 3 aromatic rings. The molecule has 0 saturated carbocycles. The summed E-state index contributed by atoms with van der Waals surface area (Å²) in [5.41, 5.74) is 1.50. The Balaban J connectivity index is 1.61. The zero-order chi connectivity index (χ0) is 22.2. The Bertz CT molecular complexity index is 1270. The van der Waals surface area contributed by atoms with Gasteiger partial charge in [0.1, 0.15) is 0 Å². The first-order valence-corrected chi connectivity index (χ1v) is 11.3. The van der Waals surface area contributed by atoms with Crippen molar-refractivity contribution < 1.29 is 18.0 Å². The van der Waals surface area contributed by atoms with Gasteiger partial charge in [-0.1, -0.05) is 42.5 Å². The van der Waals surface area contributed by atoms with E-state index in [1.807, 2.05) is 49.3 Å². The molecule has 4 rings (SSSR count). The summed E-state index contributed by atoms with van der Waals surface area (Å²) in [5, 5.41) is 2.88. The Morgan fingerprint density at radius 3 is 2.26 bits per heavy atom. The third-order valence-corrected chi connectivity index (χ3v) is 7.31. The van der Waals surface area contributed by atoms with Gasteiger partial charge >= 0.3 is 0 Å². The summed E-state index contributed by atoms with van der Waals surface area (Å²) < 4.78 is 26.1. The average molecular weight is 435 g/mol. The molecule has 1 aliphatic rings. The number of fused-ring (bicyclic) bond motifs is 2. The van der Waals surface area contributed by atoms with Crippen LogP contribution in [0.4, 0.5) is 0 Å². The summed E-state index contributed by atoms with van der Waals surface area (Å²) in [4.78, 5) is 27.4. The van der Waals surface area contributed by atoms with Crippen molar-refractivity contribution in [2.75, 3.05) is 20.6 Å². The second-order valence-electron chi connectivity index (χ2n) is 7.64. The first kappa shape index (κ1) is 21.0. The first-order valence-electron chi connectivity index (χ1n) is 9.83. The van der Waals surface area contributed by atoms with Crippen LogP contribution in [0.3, 0.4) is 0 Å². The van der Waals surface area contributed by atoms with Gasteiger partial charge in [0.15, 0.2) is 5.78 Å². The van der Waals surface area contributed by atoms with E-state index in [1.165, 1.54) is 30.3 Å². The van der Waals surface area contributed by atoms with Crippen LogP contribution in [0.5, 0.6) is 0 Å². The van der Waals surface area contributed by atoms with E-state index >= 15 is 0 Å². The summed E-state index contributed by atoms with van der Waals surface area (Å²) in [6.45, 7) is 0.349. The van der Waals surface area contributed by atoms with Gasteiger partial charge in [-0.25, -0.2) is 8.42 Å². The van der Waals surface area contributed by atoms with Crippen LogP contribution >= 0.6 is 0 Å². The monoisotopic (exact) mass is 434 g/mol. The fourth-order valence-electron chi connectivity index (χ4n) is 3.79. The summed E-state index contributed by atoms with van der Waals surface area (Å²) >= 11 is 0. The lowest BCUT2D eigenvalue weighted by molar-refractivity contribution is 0.0940. The minimum absolute atomic E-state index is 0.0261. The molecule has 6 nitrogen and oxygen atoms in total. The van der Waals surface area contributed by atoms with Gasteiger partial charge in [-0.15, -0.1) is 0 Å². The fraction of sp³-hybridized carbons (Fsp3) is 0.167. The Hall–Kier alpha value is -3.29. The van der Waals surface area contributed by atoms with Crippen molar-refractivity contribution in [1.82, 2.24) is 10.2 Å². The van der Waals surface area contributed by atoms with Crippen molar-refractivity contribution in [3.63, 3.8) is 0 Å². The maximum Gasteiger partial charge on any atom is 0.251 e. The van der Waals surface area contributed by atoms with E-state index in [2.05, 4.69) is 5.32 Å². The molecule has 3 aromatic carbocycles. The van der Waals surface area contributed by atoms with E-state index in [-0.39, 0.29) is 38.3 Å². The second-order valence-corrected chi connectivity index (χ2v) is 9.53. The minimum atomic E-state index is -3.89. The topological polar surface area (TPSA) is 83.6 Å². The molecule has 1 aliphatic heterocycles. The number of rotatable bonds is 5. The molecule has 1 heterocycles. The van der Waals surface area contributed by atoms with Crippen molar-refractivity contribution in [2.24, 2.45) is 0 Å². The molecule has 31 heavy (non-hydrogen) atoms. The Labute approximate surface area is 181 Å². The molecule has 0 unspecified atom stereocenters. The molecule has 0 radical (unpaired) electrons. The van der Waals surface area contributed by atoms with Gasteiger partial charge in [-0.05, 0) is 50.0 Å². The number of sulfone groups is 1. The number of ketones is 1. The molecule has 158 valence electrons. The molecule has 0 aromatic heterocycles. The lowest BCUT2D eigenvalue weighted by Gasteiger charge is -2.25. The van der Waals surface area contributed by atoms with Crippen LogP contribution < -0.4 is 5.32 Å². The van der Waals surface area contributed by atoms with E-state index in [0.29, 0.717) is 6.54 Å². The zero-order valence-corrected chi connectivity index (χ0v) is 18.0. The highest BCUT2D eigenvalue weighted by Gasteiger charge is 2.35. The highest BCUT2D eigenvalue weighted by molar-refractivity contribution is 7.91. The number of carbonyl (C=O) groups is 2. The maximum absolute atomic E-state index is 13.1. The SMILES string of the molecule is CN(C)[C@@H](CNC(=O)c1ccc2c(c1)S(=O)(=O)c1ccccc1C2=O)c1ccccc1. The van der Waals surface area contributed by atoms with Crippen LogP contribution in [0, 0.1) is 0 Å². The van der Waals surface area contributed by atoms with Gasteiger partial charge in [0.2, 0.25) is 9.84 Å². The number of hydrogen-bond acceptors (Lipinski definition) is 5. The summed E-state index contributed by atoms with van der Waals surface area (Å²) in [6, 6.07) is 20.1. The Morgan fingerprint density at radius 2 is 1.55 bits per heavy atom. The predicted octanol–water partition coefficient (Wildman–Crippen LogP) is 3.10. The molecule has 7 heteroatoms. The number of carbonyl (C=O) groups excluding carboxylic acids is 2. The highest BCUT2D eigenvalue weighted by Crippen LogP contribution is 2.34. The predicted molar refractivity (Wildman–Crippen MR) is 117 cm³/mol. The van der Waals surface area contributed by atoms with Gasteiger partial charge in [0.25, 0.3) is 5.91 Å². The quantitative estimate of drug-likeness (QED) is 0.522. The number of nitrogens with zero attached hydrogens (tertiary/aromatic N) is 1. The van der Waals surface area contributed by atoms with Crippen molar-refractivity contribution in [3.8, 4) is 0 Å². The molecule has 0 bridgehead atoms. The largest absolute Gasteiger partial charge is 0.350 e. The Morgan fingerprint density at radius 1 is 0.903 bits per heavy atom.